The highest BCUT2D eigenvalue weighted by atomic mass is 35.5. The summed E-state index contributed by atoms with van der Waals surface area (Å²) in [5.41, 5.74) is 0. The summed E-state index contributed by atoms with van der Waals surface area (Å²) in [7, 11) is 4.11. The van der Waals surface area contributed by atoms with E-state index in [0.717, 1.165) is 17.6 Å². The highest BCUT2D eigenvalue weighted by Crippen LogP contribution is 1.95. The average molecular weight is 153 g/mol. The monoisotopic (exact) mass is 152 g/mol. The Balaban J connectivity index is 3.43. The van der Waals surface area contributed by atoms with Gasteiger partial charge in [-0.25, -0.2) is 0 Å². The van der Waals surface area contributed by atoms with Gasteiger partial charge in [-0.1, -0.05) is 0 Å². The summed E-state index contributed by atoms with van der Waals surface area (Å²) in [6.45, 7) is 1.94. The van der Waals surface area contributed by atoms with Gasteiger partial charge in [-0.15, -0.1) is 11.6 Å². The van der Waals surface area contributed by atoms with Crippen molar-refractivity contribution < 1.29 is 9.59 Å². The molecule has 0 aliphatic rings. The summed E-state index contributed by atoms with van der Waals surface area (Å²) in [5.74, 6) is 0.660. The molecule has 0 amide bonds. The second-order valence-corrected chi connectivity index (χ2v) is 3.17. The fraction of sp³-hybridized carbons (Fsp3) is 1.00. The van der Waals surface area contributed by atoms with Crippen molar-refractivity contribution in [1.29, 1.82) is 0 Å². The summed E-state index contributed by atoms with van der Waals surface area (Å²) in [5, 5.41) is 8.57. The van der Waals surface area contributed by atoms with Crippen molar-refractivity contribution in [1.82, 2.24) is 0 Å². The van der Waals surface area contributed by atoms with Crippen LogP contribution in [0.5, 0.6) is 0 Å². The standard InChI is InChI=1S/C6H15ClNO/c1-8(2,4-3-7)5-6-9/h9H,3-6H2,1-2H3/q+1. The highest BCUT2D eigenvalue weighted by molar-refractivity contribution is 6.17. The summed E-state index contributed by atoms with van der Waals surface area (Å²) in [6, 6.07) is 0. The number of aliphatic hydroxyl groups is 1. The van der Waals surface area contributed by atoms with Gasteiger partial charge in [0.05, 0.1) is 33.1 Å². The first-order chi connectivity index (χ1) is 4.12. The predicted molar refractivity (Wildman–Crippen MR) is 39.6 cm³/mol. The van der Waals surface area contributed by atoms with Crippen LogP contribution in [-0.4, -0.2) is 49.3 Å². The Labute approximate surface area is 61.6 Å². The smallest absolute Gasteiger partial charge is 0.102 e. The van der Waals surface area contributed by atoms with E-state index in [2.05, 4.69) is 14.1 Å². The van der Waals surface area contributed by atoms with Gasteiger partial charge in [0.15, 0.2) is 0 Å². The third kappa shape index (κ3) is 4.70. The molecule has 0 heterocycles. The lowest BCUT2D eigenvalue weighted by Crippen LogP contribution is -2.43. The first-order valence-corrected chi connectivity index (χ1v) is 3.64. The Morgan fingerprint density at radius 2 is 1.89 bits per heavy atom. The highest BCUT2D eigenvalue weighted by Gasteiger charge is 2.11. The maximum atomic E-state index is 8.57. The number of likely N-dealkylation sites (N-methyl/N-ethyl adjacent to an activating group) is 1. The van der Waals surface area contributed by atoms with E-state index in [4.69, 9.17) is 16.7 Å². The van der Waals surface area contributed by atoms with Crippen molar-refractivity contribution in [2.75, 3.05) is 39.7 Å². The van der Waals surface area contributed by atoms with Gasteiger partial charge < -0.3 is 9.59 Å². The van der Waals surface area contributed by atoms with Gasteiger partial charge in [0.2, 0.25) is 0 Å². The number of hydrogen-bond donors (Lipinski definition) is 1. The molecular formula is C6H15ClNO+. The molecule has 0 aromatic carbocycles. The molecule has 0 aliphatic carbocycles. The van der Waals surface area contributed by atoms with Crippen molar-refractivity contribution in [2.24, 2.45) is 0 Å². The summed E-state index contributed by atoms with van der Waals surface area (Å²) >= 11 is 5.52. The lowest BCUT2D eigenvalue weighted by atomic mass is 10.4. The predicted octanol–water partition coefficient (Wildman–Crippen LogP) is 0.294. The Morgan fingerprint density at radius 3 is 2.22 bits per heavy atom. The molecule has 0 aromatic rings. The van der Waals surface area contributed by atoms with Crippen LogP contribution in [0.1, 0.15) is 0 Å². The maximum Gasteiger partial charge on any atom is 0.102 e. The molecule has 0 spiro atoms. The molecule has 56 valence electrons. The fourth-order valence-corrected chi connectivity index (χ4v) is 1.07. The molecule has 0 radical (unpaired) electrons. The topological polar surface area (TPSA) is 20.2 Å². The number of halogens is 1. The SMILES string of the molecule is C[N+](C)(CCO)CCCl. The van der Waals surface area contributed by atoms with Crippen molar-refractivity contribution in [3.8, 4) is 0 Å². The van der Waals surface area contributed by atoms with E-state index >= 15 is 0 Å². The van der Waals surface area contributed by atoms with Crippen LogP contribution in [0.15, 0.2) is 0 Å². The van der Waals surface area contributed by atoms with Gasteiger partial charge in [-0.2, -0.15) is 0 Å². The van der Waals surface area contributed by atoms with Crippen LogP contribution in [-0.2, 0) is 0 Å². The van der Waals surface area contributed by atoms with Crippen LogP contribution in [0, 0.1) is 0 Å². The van der Waals surface area contributed by atoms with E-state index in [-0.39, 0.29) is 6.61 Å². The third-order valence-electron chi connectivity index (χ3n) is 1.40. The van der Waals surface area contributed by atoms with Gasteiger partial charge in [-0.3, -0.25) is 0 Å². The summed E-state index contributed by atoms with van der Waals surface area (Å²) in [6.07, 6.45) is 0. The van der Waals surface area contributed by atoms with E-state index in [1.807, 2.05) is 0 Å². The number of hydrogen-bond acceptors (Lipinski definition) is 1. The minimum atomic E-state index is 0.240. The van der Waals surface area contributed by atoms with Crippen molar-refractivity contribution in [2.45, 2.75) is 0 Å². The van der Waals surface area contributed by atoms with E-state index < -0.39 is 0 Å². The van der Waals surface area contributed by atoms with Crippen molar-refractivity contribution >= 4 is 11.6 Å². The normalized spacial score (nSPS) is 12.0. The van der Waals surface area contributed by atoms with Gasteiger partial charge in [-0.05, 0) is 0 Å². The molecule has 0 atom stereocenters. The maximum absolute atomic E-state index is 8.57. The zero-order chi connectivity index (χ0) is 7.33. The van der Waals surface area contributed by atoms with Gasteiger partial charge in [0, 0.05) is 0 Å². The quantitative estimate of drug-likeness (QED) is 0.454. The molecule has 0 saturated heterocycles. The van der Waals surface area contributed by atoms with Gasteiger partial charge in [0.25, 0.3) is 0 Å². The number of alkyl halides is 1. The molecule has 0 aromatic heterocycles. The first kappa shape index (κ1) is 9.21. The molecule has 3 heteroatoms. The zero-order valence-corrected chi connectivity index (χ0v) is 6.86. The number of quaternary nitrogens is 1. The molecule has 0 bridgehead atoms. The molecular weight excluding hydrogens is 138 g/mol. The number of aliphatic hydroxyl groups excluding tert-OH is 1. The lowest BCUT2D eigenvalue weighted by Gasteiger charge is -2.27. The summed E-state index contributed by atoms with van der Waals surface area (Å²) < 4.78 is 0.806. The van der Waals surface area contributed by atoms with E-state index in [0.29, 0.717) is 5.88 Å². The van der Waals surface area contributed by atoms with Crippen LogP contribution >= 0.6 is 11.6 Å². The molecule has 9 heavy (non-hydrogen) atoms. The second kappa shape index (κ2) is 4.09. The Morgan fingerprint density at radius 1 is 1.33 bits per heavy atom. The van der Waals surface area contributed by atoms with Crippen LogP contribution in [0.4, 0.5) is 0 Å². The Kier molecular flexibility index (Phi) is 4.19. The Bertz CT molecular complexity index is 67.5. The Hall–Kier alpha value is 0.210. The first-order valence-electron chi connectivity index (χ1n) is 3.11. The van der Waals surface area contributed by atoms with Crippen molar-refractivity contribution in [3.05, 3.63) is 0 Å². The molecule has 0 unspecified atom stereocenters. The molecule has 1 N–H and O–H groups in total. The van der Waals surface area contributed by atoms with E-state index in [9.17, 15) is 0 Å². The van der Waals surface area contributed by atoms with Crippen LogP contribution in [0.2, 0.25) is 0 Å². The molecule has 0 aliphatic heterocycles. The average Bonchev–Trinajstić information content (AvgIpc) is 1.64. The largest absolute Gasteiger partial charge is 0.391 e. The molecule has 2 nitrogen and oxygen atoms in total. The minimum absolute atomic E-state index is 0.240. The van der Waals surface area contributed by atoms with Gasteiger partial charge >= 0.3 is 0 Å². The number of rotatable bonds is 4. The van der Waals surface area contributed by atoms with E-state index in [1.165, 1.54) is 0 Å². The minimum Gasteiger partial charge on any atom is -0.391 e. The molecule has 0 fully saturated rings. The number of nitrogens with zero attached hydrogens (tertiary/aromatic N) is 1. The third-order valence-corrected chi connectivity index (χ3v) is 1.56. The van der Waals surface area contributed by atoms with Crippen LogP contribution < -0.4 is 0 Å². The lowest BCUT2D eigenvalue weighted by molar-refractivity contribution is -0.888. The van der Waals surface area contributed by atoms with Crippen LogP contribution in [0.3, 0.4) is 0 Å². The fourth-order valence-electron chi connectivity index (χ4n) is 0.611. The van der Waals surface area contributed by atoms with E-state index in [1.54, 1.807) is 0 Å². The zero-order valence-electron chi connectivity index (χ0n) is 6.10. The second-order valence-electron chi connectivity index (χ2n) is 2.80. The molecule has 0 saturated carbocycles. The summed E-state index contributed by atoms with van der Waals surface area (Å²) in [4.78, 5) is 0. The van der Waals surface area contributed by atoms with Gasteiger partial charge in [0.1, 0.15) is 6.54 Å². The molecule has 0 rings (SSSR count). The van der Waals surface area contributed by atoms with Crippen LogP contribution in [0.25, 0.3) is 0 Å². The van der Waals surface area contributed by atoms with Crippen molar-refractivity contribution in [3.63, 3.8) is 0 Å².